The van der Waals surface area contributed by atoms with E-state index in [1.165, 1.54) is 0 Å². The highest BCUT2D eigenvalue weighted by molar-refractivity contribution is 7.92. The Morgan fingerprint density at radius 1 is 0.970 bits per heavy atom. The third kappa shape index (κ3) is 5.30. The number of nitrogens with one attached hydrogen (secondary N) is 1. The van der Waals surface area contributed by atoms with E-state index in [0.717, 1.165) is 21.1 Å². The van der Waals surface area contributed by atoms with Crippen molar-refractivity contribution in [3.63, 3.8) is 0 Å². The number of para-hydroxylation sites is 1. The number of amides is 1. The van der Waals surface area contributed by atoms with Gasteiger partial charge in [-0.15, -0.1) is 0 Å². The average molecular weight is 461 g/mol. The molecule has 1 aromatic heterocycles. The average Bonchev–Trinajstić information content (AvgIpc) is 3.37. The van der Waals surface area contributed by atoms with Gasteiger partial charge in [0.05, 0.1) is 16.9 Å². The largest absolute Gasteiger partial charge is 0.350 e. The third-order valence-corrected chi connectivity index (χ3v) is 6.96. The van der Waals surface area contributed by atoms with Crippen molar-refractivity contribution in [3.05, 3.63) is 109 Å². The lowest BCUT2D eigenvalue weighted by Gasteiger charge is -2.24. The van der Waals surface area contributed by atoms with Crippen LogP contribution in [0.3, 0.4) is 0 Å². The minimum atomic E-state index is -3.92. The van der Waals surface area contributed by atoms with Gasteiger partial charge in [-0.3, -0.25) is 9.10 Å². The second-order valence-electron chi connectivity index (χ2n) is 7.57. The molecule has 33 heavy (non-hydrogen) atoms. The van der Waals surface area contributed by atoms with Crippen molar-refractivity contribution in [3.8, 4) is 5.69 Å². The summed E-state index contributed by atoms with van der Waals surface area (Å²) in [6, 6.07) is 22.9. The Balaban J connectivity index is 1.48. The molecule has 0 atom stereocenters. The number of benzene rings is 3. The van der Waals surface area contributed by atoms with Crippen LogP contribution in [0.1, 0.15) is 11.1 Å². The summed E-state index contributed by atoms with van der Waals surface area (Å²) in [6.07, 6.45) is 5.27. The fourth-order valence-electron chi connectivity index (χ4n) is 3.33. The Kier molecular flexibility index (Phi) is 6.55. The molecule has 0 aliphatic heterocycles. The molecule has 4 rings (SSSR count). The first-order chi connectivity index (χ1) is 15.9. The van der Waals surface area contributed by atoms with E-state index in [9.17, 15) is 13.2 Å². The number of nitrogens with zero attached hydrogens (tertiary/aromatic N) is 3. The Morgan fingerprint density at radius 2 is 1.67 bits per heavy atom. The fourth-order valence-corrected chi connectivity index (χ4v) is 4.75. The van der Waals surface area contributed by atoms with E-state index in [1.54, 1.807) is 67.1 Å². The molecule has 0 saturated heterocycles. The van der Waals surface area contributed by atoms with Crippen molar-refractivity contribution >= 4 is 21.6 Å². The quantitative estimate of drug-likeness (QED) is 0.435. The molecule has 0 aliphatic rings. The van der Waals surface area contributed by atoms with E-state index in [4.69, 9.17) is 0 Å². The number of rotatable bonds is 8. The molecule has 0 spiro atoms. The number of anilines is 1. The minimum Gasteiger partial charge on any atom is -0.350 e. The number of imidazole rings is 1. The number of carbonyl (C=O) groups excluding carboxylic acids is 1. The molecule has 0 unspecified atom stereocenters. The number of hydrogen-bond donors (Lipinski definition) is 1. The predicted molar refractivity (Wildman–Crippen MR) is 128 cm³/mol. The maximum absolute atomic E-state index is 13.3. The third-order valence-electron chi connectivity index (χ3n) is 5.17. The van der Waals surface area contributed by atoms with Gasteiger partial charge in [-0.25, -0.2) is 13.4 Å². The van der Waals surface area contributed by atoms with E-state index in [2.05, 4.69) is 10.3 Å². The van der Waals surface area contributed by atoms with Gasteiger partial charge in [0.1, 0.15) is 6.54 Å². The van der Waals surface area contributed by atoms with Crippen LogP contribution in [0.4, 0.5) is 5.69 Å². The lowest BCUT2D eigenvalue weighted by atomic mass is 10.2. The molecule has 1 amide bonds. The molecule has 1 heterocycles. The number of hydrogen-bond acceptors (Lipinski definition) is 4. The van der Waals surface area contributed by atoms with Crippen molar-refractivity contribution in [1.29, 1.82) is 0 Å². The van der Waals surface area contributed by atoms with Crippen LogP contribution < -0.4 is 9.62 Å². The summed E-state index contributed by atoms with van der Waals surface area (Å²) >= 11 is 0. The van der Waals surface area contributed by atoms with Crippen LogP contribution in [-0.4, -0.2) is 30.4 Å². The minimum absolute atomic E-state index is 0.139. The lowest BCUT2D eigenvalue weighted by molar-refractivity contribution is -0.119. The van der Waals surface area contributed by atoms with Crippen molar-refractivity contribution in [1.82, 2.24) is 14.9 Å². The zero-order valence-electron chi connectivity index (χ0n) is 18.1. The Morgan fingerprint density at radius 3 is 2.30 bits per heavy atom. The summed E-state index contributed by atoms with van der Waals surface area (Å²) in [5.41, 5.74) is 3.25. The molecule has 8 heteroatoms. The molecule has 1 N–H and O–H groups in total. The van der Waals surface area contributed by atoms with E-state index in [0.29, 0.717) is 5.69 Å². The number of carbonyl (C=O) groups is 1. The molecule has 4 aromatic rings. The van der Waals surface area contributed by atoms with E-state index in [1.807, 2.05) is 42.0 Å². The van der Waals surface area contributed by atoms with Crippen molar-refractivity contribution < 1.29 is 13.2 Å². The Bertz CT molecular complexity index is 1300. The van der Waals surface area contributed by atoms with Gasteiger partial charge < -0.3 is 9.88 Å². The summed E-state index contributed by atoms with van der Waals surface area (Å²) in [7, 11) is -3.92. The van der Waals surface area contributed by atoms with Crippen LogP contribution in [0, 0.1) is 6.92 Å². The van der Waals surface area contributed by atoms with Crippen molar-refractivity contribution in [2.45, 2.75) is 18.4 Å². The first-order valence-electron chi connectivity index (χ1n) is 10.4. The van der Waals surface area contributed by atoms with Gasteiger partial charge in [-0.05, 0) is 48.9 Å². The van der Waals surface area contributed by atoms with E-state index >= 15 is 0 Å². The molecule has 0 bridgehead atoms. The standard InChI is InChI=1S/C25H24N4O3S/c1-20-7-13-24(14-8-20)33(31,32)29(23-5-3-2-4-6-23)18-25(30)27-17-21-9-11-22(12-10-21)28-16-15-26-19-28/h2-16,19H,17-18H2,1H3,(H,27,30). The second-order valence-corrected chi connectivity index (χ2v) is 9.44. The van der Waals surface area contributed by atoms with Gasteiger partial charge in [-0.1, -0.05) is 48.0 Å². The van der Waals surface area contributed by atoms with E-state index < -0.39 is 15.9 Å². The Labute approximate surface area is 193 Å². The van der Waals surface area contributed by atoms with Gasteiger partial charge in [-0.2, -0.15) is 0 Å². The Hall–Kier alpha value is -3.91. The van der Waals surface area contributed by atoms with Crippen molar-refractivity contribution in [2.24, 2.45) is 0 Å². The first-order valence-corrected chi connectivity index (χ1v) is 11.9. The van der Waals surface area contributed by atoms with Crippen LogP contribution in [0.25, 0.3) is 5.69 Å². The second kappa shape index (κ2) is 9.70. The predicted octanol–water partition coefficient (Wildman–Crippen LogP) is 3.69. The summed E-state index contributed by atoms with van der Waals surface area (Å²) < 4.78 is 29.7. The first kappa shape index (κ1) is 22.3. The summed E-state index contributed by atoms with van der Waals surface area (Å²) in [5, 5.41) is 2.82. The van der Waals surface area contributed by atoms with E-state index in [-0.39, 0.29) is 18.0 Å². The van der Waals surface area contributed by atoms with Crippen LogP contribution in [-0.2, 0) is 21.4 Å². The SMILES string of the molecule is Cc1ccc(S(=O)(=O)N(CC(=O)NCc2ccc(-n3ccnc3)cc2)c2ccccc2)cc1. The molecule has 7 nitrogen and oxygen atoms in total. The van der Waals surface area contributed by atoms with Gasteiger partial charge in [0.2, 0.25) is 5.91 Å². The molecular formula is C25H24N4O3S. The maximum atomic E-state index is 13.3. The van der Waals surface area contributed by atoms with Crippen molar-refractivity contribution in [2.75, 3.05) is 10.8 Å². The monoisotopic (exact) mass is 460 g/mol. The lowest BCUT2D eigenvalue weighted by Crippen LogP contribution is -2.40. The number of sulfonamides is 1. The zero-order valence-corrected chi connectivity index (χ0v) is 18.9. The highest BCUT2D eigenvalue weighted by atomic mass is 32.2. The summed E-state index contributed by atoms with van der Waals surface area (Å²) in [6.45, 7) is 1.85. The van der Waals surface area contributed by atoms with Gasteiger partial charge in [0, 0.05) is 24.6 Å². The molecule has 0 aliphatic carbocycles. The van der Waals surface area contributed by atoms with Crippen LogP contribution in [0.2, 0.25) is 0 Å². The molecule has 0 radical (unpaired) electrons. The fraction of sp³-hybridized carbons (Fsp3) is 0.120. The molecule has 0 saturated carbocycles. The number of aromatic nitrogens is 2. The zero-order chi connectivity index (χ0) is 23.3. The van der Waals surface area contributed by atoms with Crippen LogP contribution in [0.5, 0.6) is 0 Å². The summed E-state index contributed by atoms with van der Waals surface area (Å²) in [4.78, 5) is 16.9. The highest BCUT2D eigenvalue weighted by Gasteiger charge is 2.27. The normalized spacial score (nSPS) is 11.2. The maximum Gasteiger partial charge on any atom is 0.264 e. The smallest absolute Gasteiger partial charge is 0.264 e. The molecular weight excluding hydrogens is 436 g/mol. The highest BCUT2D eigenvalue weighted by Crippen LogP contribution is 2.23. The molecule has 0 fully saturated rings. The summed E-state index contributed by atoms with van der Waals surface area (Å²) in [5.74, 6) is -0.395. The van der Waals surface area contributed by atoms with Crippen LogP contribution in [0.15, 0.2) is 102 Å². The van der Waals surface area contributed by atoms with Gasteiger partial charge in [0.15, 0.2) is 0 Å². The van der Waals surface area contributed by atoms with Gasteiger partial charge in [0.25, 0.3) is 10.0 Å². The topological polar surface area (TPSA) is 84.3 Å². The molecule has 168 valence electrons. The number of aryl methyl sites for hydroxylation is 1. The van der Waals surface area contributed by atoms with Crippen LogP contribution >= 0.6 is 0 Å². The van der Waals surface area contributed by atoms with Gasteiger partial charge >= 0.3 is 0 Å². The molecule has 3 aromatic carbocycles.